The molecule has 0 aliphatic carbocycles. The molecule has 0 rings (SSSR count). The van der Waals surface area contributed by atoms with E-state index in [0.717, 1.165) is 25.7 Å². The molecule has 0 aromatic rings. The van der Waals surface area contributed by atoms with Gasteiger partial charge in [-0.25, -0.2) is 0 Å². The van der Waals surface area contributed by atoms with E-state index in [9.17, 15) is 25.5 Å². The van der Waals surface area contributed by atoms with Gasteiger partial charge in [-0.1, -0.05) is 39.5 Å². The van der Waals surface area contributed by atoms with Crippen LogP contribution in [0.1, 0.15) is 52.4 Å². The zero-order valence-corrected chi connectivity index (χ0v) is 17.5. The van der Waals surface area contributed by atoms with E-state index in [0.29, 0.717) is 12.8 Å². The lowest BCUT2D eigenvalue weighted by Crippen LogP contribution is -2.57. The Bertz CT molecular complexity index is 333. The Hall–Kier alpha value is -0.320. The Morgan fingerprint density at radius 1 is 0.750 bits per heavy atom. The number of aliphatic hydroxyl groups is 6. The van der Waals surface area contributed by atoms with Crippen LogP contribution in [-0.2, 0) is 9.47 Å². The lowest BCUT2D eigenvalue weighted by Gasteiger charge is -2.45. The Labute approximate surface area is 169 Å². The third-order valence-corrected chi connectivity index (χ3v) is 5.27. The molecule has 170 valence electrons. The molecule has 0 heterocycles. The van der Waals surface area contributed by atoms with Crippen LogP contribution in [-0.4, -0.2) is 94.7 Å². The van der Waals surface area contributed by atoms with Gasteiger partial charge in [-0.2, -0.15) is 0 Å². The van der Waals surface area contributed by atoms with Crippen molar-refractivity contribution in [2.75, 3.05) is 46.2 Å². The third kappa shape index (κ3) is 9.45. The predicted octanol–water partition coefficient (Wildman–Crippen LogP) is 0.0622. The van der Waals surface area contributed by atoms with E-state index in [2.05, 4.69) is 0 Å². The molecule has 4 unspecified atom stereocenters. The summed E-state index contributed by atoms with van der Waals surface area (Å²) in [7, 11) is 0. The molecular weight excluding hydrogens is 368 g/mol. The second-order valence-electron chi connectivity index (χ2n) is 7.38. The van der Waals surface area contributed by atoms with Gasteiger partial charge in [0.25, 0.3) is 0 Å². The summed E-state index contributed by atoms with van der Waals surface area (Å²) in [5.74, 6) is -1.42. The topological polar surface area (TPSA) is 140 Å². The van der Waals surface area contributed by atoms with Crippen molar-refractivity contribution in [1.29, 1.82) is 0 Å². The van der Waals surface area contributed by atoms with Crippen LogP contribution in [0.5, 0.6) is 0 Å². The number of aliphatic hydroxyl groups excluding tert-OH is 5. The van der Waals surface area contributed by atoms with E-state index in [4.69, 9.17) is 14.6 Å². The molecule has 0 bridgehead atoms. The van der Waals surface area contributed by atoms with Crippen molar-refractivity contribution in [2.24, 2.45) is 11.8 Å². The molecule has 0 aliphatic rings. The second kappa shape index (κ2) is 16.5. The van der Waals surface area contributed by atoms with Crippen molar-refractivity contribution in [2.45, 2.75) is 70.2 Å². The molecule has 0 radical (unpaired) electrons. The van der Waals surface area contributed by atoms with Gasteiger partial charge in [-0.3, -0.25) is 0 Å². The fraction of sp³-hybridized carbons (Fsp3) is 1.00. The van der Waals surface area contributed by atoms with Gasteiger partial charge in [0, 0.05) is 11.8 Å². The first-order chi connectivity index (χ1) is 13.4. The fourth-order valence-corrected chi connectivity index (χ4v) is 3.66. The first-order valence-corrected chi connectivity index (χ1v) is 10.5. The molecule has 28 heavy (non-hydrogen) atoms. The zero-order chi connectivity index (χ0) is 21.4. The summed E-state index contributed by atoms with van der Waals surface area (Å²) in [5, 5.41) is 60.3. The molecule has 0 spiro atoms. The Kier molecular flexibility index (Phi) is 16.3. The summed E-state index contributed by atoms with van der Waals surface area (Å²) in [6, 6.07) is 0. The third-order valence-electron chi connectivity index (χ3n) is 5.27. The molecule has 0 saturated carbocycles. The second-order valence-corrected chi connectivity index (χ2v) is 7.38. The van der Waals surface area contributed by atoms with Gasteiger partial charge < -0.3 is 40.1 Å². The number of hydrogen-bond donors (Lipinski definition) is 6. The van der Waals surface area contributed by atoms with Gasteiger partial charge in [0.05, 0.1) is 64.1 Å². The normalized spacial score (nSPS) is 18.4. The molecule has 0 fully saturated rings. The van der Waals surface area contributed by atoms with E-state index in [1.54, 1.807) is 0 Å². The minimum absolute atomic E-state index is 0.0898. The number of rotatable bonds is 19. The lowest BCUT2D eigenvalue weighted by molar-refractivity contribution is -0.186. The standard InChI is InChI=1S/C20H42O8/c1-3-5-7-16(18(24)13-22)20(26,15-28-12-11-27-10-9-21)17(8-6-4-2)19(25)14-23/h16-19,21-26H,3-15H2,1-2H3. The van der Waals surface area contributed by atoms with Crippen LogP contribution in [0.4, 0.5) is 0 Å². The fourth-order valence-electron chi connectivity index (χ4n) is 3.66. The molecular formula is C20H42O8. The van der Waals surface area contributed by atoms with Crippen molar-refractivity contribution < 1.29 is 40.1 Å². The number of hydrogen-bond acceptors (Lipinski definition) is 8. The SMILES string of the molecule is CCCCC(C(O)CO)C(O)(COCCOCCO)C(CCCC)C(O)CO. The summed E-state index contributed by atoms with van der Waals surface area (Å²) in [6.45, 7) is 3.33. The highest BCUT2D eigenvalue weighted by Gasteiger charge is 2.48. The lowest BCUT2D eigenvalue weighted by atomic mass is 9.69. The average molecular weight is 411 g/mol. The van der Waals surface area contributed by atoms with Crippen LogP contribution < -0.4 is 0 Å². The first kappa shape index (κ1) is 27.7. The maximum absolute atomic E-state index is 11.6. The summed E-state index contributed by atoms with van der Waals surface area (Å²) < 4.78 is 10.8. The molecule has 0 aromatic heterocycles. The Morgan fingerprint density at radius 2 is 1.21 bits per heavy atom. The molecule has 4 atom stereocenters. The molecule has 8 nitrogen and oxygen atoms in total. The van der Waals surface area contributed by atoms with Crippen LogP contribution >= 0.6 is 0 Å². The summed E-state index contributed by atoms with van der Waals surface area (Å²) in [4.78, 5) is 0. The molecule has 6 N–H and O–H groups in total. The number of ether oxygens (including phenoxy) is 2. The van der Waals surface area contributed by atoms with Crippen LogP contribution in [0.15, 0.2) is 0 Å². The smallest absolute Gasteiger partial charge is 0.0986 e. The quantitative estimate of drug-likeness (QED) is 0.164. The van der Waals surface area contributed by atoms with Gasteiger partial charge in [0.2, 0.25) is 0 Å². The van der Waals surface area contributed by atoms with Crippen molar-refractivity contribution in [3.05, 3.63) is 0 Å². The van der Waals surface area contributed by atoms with Crippen LogP contribution in [0.3, 0.4) is 0 Å². The van der Waals surface area contributed by atoms with E-state index in [1.807, 2.05) is 13.8 Å². The average Bonchev–Trinajstić information content (AvgIpc) is 2.70. The maximum atomic E-state index is 11.6. The van der Waals surface area contributed by atoms with Crippen molar-refractivity contribution in [3.63, 3.8) is 0 Å². The van der Waals surface area contributed by atoms with Gasteiger partial charge >= 0.3 is 0 Å². The maximum Gasteiger partial charge on any atom is 0.0986 e. The van der Waals surface area contributed by atoms with E-state index >= 15 is 0 Å². The Morgan fingerprint density at radius 3 is 1.61 bits per heavy atom. The Balaban J connectivity index is 5.52. The van der Waals surface area contributed by atoms with Crippen LogP contribution in [0.25, 0.3) is 0 Å². The highest BCUT2D eigenvalue weighted by molar-refractivity contribution is 4.98. The van der Waals surface area contributed by atoms with Crippen molar-refractivity contribution in [3.8, 4) is 0 Å². The minimum atomic E-state index is -1.62. The van der Waals surface area contributed by atoms with Gasteiger partial charge in [-0.05, 0) is 12.8 Å². The predicted molar refractivity (Wildman–Crippen MR) is 106 cm³/mol. The van der Waals surface area contributed by atoms with E-state index in [-0.39, 0.29) is 33.0 Å². The monoisotopic (exact) mass is 410 g/mol. The zero-order valence-electron chi connectivity index (χ0n) is 17.5. The molecule has 0 aromatic carbocycles. The molecule has 0 saturated heterocycles. The summed E-state index contributed by atoms with van der Waals surface area (Å²) in [6.07, 6.45) is 1.76. The van der Waals surface area contributed by atoms with E-state index < -0.39 is 42.9 Å². The molecule has 8 heteroatoms. The van der Waals surface area contributed by atoms with E-state index in [1.165, 1.54) is 0 Å². The molecule has 0 amide bonds. The van der Waals surface area contributed by atoms with Gasteiger partial charge in [0.1, 0.15) is 0 Å². The minimum Gasteiger partial charge on any atom is -0.394 e. The first-order valence-electron chi connectivity index (χ1n) is 10.5. The highest BCUT2D eigenvalue weighted by Crippen LogP contribution is 2.38. The van der Waals surface area contributed by atoms with Gasteiger partial charge in [-0.15, -0.1) is 0 Å². The molecule has 0 aliphatic heterocycles. The van der Waals surface area contributed by atoms with Gasteiger partial charge in [0.15, 0.2) is 0 Å². The van der Waals surface area contributed by atoms with Crippen molar-refractivity contribution in [1.82, 2.24) is 0 Å². The number of unbranched alkanes of at least 4 members (excludes halogenated alkanes) is 2. The summed E-state index contributed by atoms with van der Waals surface area (Å²) in [5.41, 5.74) is -1.62. The van der Waals surface area contributed by atoms with Crippen molar-refractivity contribution >= 4 is 0 Å². The largest absolute Gasteiger partial charge is 0.394 e. The highest BCUT2D eigenvalue weighted by atomic mass is 16.5. The van der Waals surface area contributed by atoms with Crippen LogP contribution in [0, 0.1) is 11.8 Å². The van der Waals surface area contributed by atoms with Crippen LogP contribution in [0.2, 0.25) is 0 Å². The summed E-state index contributed by atoms with van der Waals surface area (Å²) >= 11 is 0.